The third-order valence-electron chi connectivity index (χ3n) is 4.61. The molecule has 1 aliphatic heterocycles. The van der Waals surface area contributed by atoms with E-state index in [0.717, 1.165) is 11.3 Å². The van der Waals surface area contributed by atoms with E-state index in [1.165, 1.54) is 23.5 Å². The molecule has 0 radical (unpaired) electrons. The quantitative estimate of drug-likeness (QED) is 0.747. The zero-order valence-corrected chi connectivity index (χ0v) is 15.7. The fourth-order valence-electron chi connectivity index (χ4n) is 3.17. The van der Waals surface area contributed by atoms with E-state index in [1.54, 1.807) is 21.5 Å². The molecule has 7 nitrogen and oxygen atoms in total. The number of amides is 2. The van der Waals surface area contributed by atoms with E-state index in [1.807, 2.05) is 19.2 Å². The summed E-state index contributed by atoms with van der Waals surface area (Å²) in [5.41, 5.74) is 1.57. The second-order valence-corrected chi connectivity index (χ2v) is 7.62. The molecule has 0 saturated carbocycles. The van der Waals surface area contributed by atoms with E-state index in [9.17, 15) is 14.0 Å². The SMILES string of the molecule is CC(C)N1CC(C(=O)Nc2nc3scc(-c4ccc(F)cc4)n3n2)CC1=O. The molecular formula is C18H18FN5O2S. The van der Waals surface area contributed by atoms with E-state index in [2.05, 4.69) is 15.4 Å². The molecule has 0 spiro atoms. The number of hydrogen-bond donors (Lipinski definition) is 1. The summed E-state index contributed by atoms with van der Waals surface area (Å²) >= 11 is 1.38. The number of rotatable bonds is 4. The lowest BCUT2D eigenvalue weighted by Gasteiger charge is -2.20. The average Bonchev–Trinajstić information content (AvgIpc) is 3.29. The van der Waals surface area contributed by atoms with Crippen molar-refractivity contribution in [1.82, 2.24) is 19.5 Å². The molecule has 3 aromatic rings. The number of anilines is 1. The zero-order chi connectivity index (χ0) is 19.1. The Bertz CT molecular complexity index is 1010. The van der Waals surface area contributed by atoms with Gasteiger partial charge in [0.1, 0.15) is 5.82 Å². The fraction of sp³-hybridized carbons (Fsp3) is 0.333. The van der Waals surface area contributed by atoms with Crippen molar-refractivity contribution in [3.8, 4) is 11.3 Å². The minimum Gasteiger partial charge on any atom is -0.339 e. The number of fused-ring (bicyclic) bond motifs is 1. The molecule has 1 aromatic carbocycles. The van der Waals surface area contributed by atoms with Crippen molar-refractivity contribution in [2.24, 2.45) is 5.92 Å². The van der Waals surface area contributed by atoms with Crippen LogP contribution in [0.3, 0.4) is 0 Å². The Morgan fingerprint density at radius 2 is 2.07 bits per heavy atom. The molecule has 0 bridgehead atoms. The monoisotopic (exact) mass is 387 g/mol. The first-order chi connectivity index (χ1) is 12.9. The van der Waals surface area contributed by atoms with E-state index in [4.69, 9.17) is 0 Å². The van der Waals surface area contributed by atoms with Crippen LogP contribution in [0.25, 0.3) is 16.2 Å². The van der Waals surface area contributed by atoms with E-state index < -0.39 is 5.92 Å². The van der Waals surface area contributed by atoms with Crippen LogP contribution in [0.15, 0.2) is 29.6 Å². The number of nitrogens with one attached hydrogen (secondary N) is 1. The van der Waals surface area contributed by atoms with Gasteiger partial charge in [0.05, 0.1) is 11.6 Å². The number of thiazole rings is 1. The maximum Gasteiger partial charge on any atom is 0.250 e. The Morgan fingerprint density at radius 3 is 2.74 bits per heavy atom. The molecule has 0 aliphatic carbocycles. The van der Waals surface area contributed by atoms with Crippen LogP contribution < -0.4 is 5.32 Å². The van der Waals surface area contributed by atoms with Crippen molar-refractivity contribution >= 4 is 34.1 Å². The summed E-state index contributed by atoms with van der Waals surface area (Å²) in [6, 6.07) is 6.18. The molecule has 1 unspecified atom stereocenters. The van der Waals surface area contributed by atoms with Crippen LogP contribution in [0.4, 0.5) is 10.3 Å². The van der Waals surface area contributed by atoms with Crippen molar-refractivity contribution in [1.29, 1.82) is 0 Å². The molecule has 1 saturated heterocycles. The Kier molecular flexibility index (Phi) is 4.39. The molecule has 1 aliphatic rings. The number of nitrogens with zero attached hydrogens (tertiary/aromatic N) is 4. The molecule has 140 valence electrons. The number of carbonyl (C=O) groups is 2. The number of carbonyl (C=O) groups excluding carboxylic acids is 2. The van der Waals surface area contributed by atoms with E-state index >= 15 is 0 Å². The Hall–Kier alpha value is -2.81. The van der Waals surface area contributed by atoms with Crippen LogP contribution >= 0.6 is 11.3 Å². The van der Waals surface area contributed by atoms with E-state index in [0.29, 0.717) is 11.5 Å². The lowest BCUT2D eigenvalue weighted by Crippen LogP contribution is -2.33. The summed E-state index contributed by atoms with van der Waals surface area (Å²) in [5.74, 6) is -0.780. The van der Waals surface area contributed by atoms with Crippen LogP contribution in [-0.4, -0.2) is 43.9 Å². The second-order valence-electron chi connectivity index (χ2n) is 6.79. The van der Waals surface area contributed by atoms with Crippen LogP contribution in [0, 0.1) is 11.7 Å². The minimum atomic E-state index is -0.405. The molecule has 1 fully saturated rings. The molecule has 1 N–H and O–H groups in total. The highest BCUT2D eigenvalue weighted by Gasteiger charge is 2.35. The van der Waals surface area contributed by atoms with Gasteiger partial charge in [0, 0.05) is 30.0 Å². The van der Waals surface area contributed by atoms with Crippen molar-refractivity contribution in [3.63, 3.8) is 0 Å². The fourth-order valence-corrected chi connectivity index (χ4v) is 4.00. The highest BCUT2D eigenvalue weighted by Crippen LogP contribution is 2.27. The summed E-state index contributed by atoms with van der Waals surface area (Å²) in [4.78, 5) is 31.1. The highest BCUT2D eigenvalue weighted by molar-refractivity contribution is 7.15. The lowest BCUT2D eigenvalue weighted by molar-refractivity contribution is -0.129. The van der Waals surface area contributed by atoms with Crippen molar-refractivity contribution in [2.75, 3.05) is 11.9 Å². The normalized spacial score (nSPS) is 17.3. The molecule has 27 heavy (non-hydrogen) atoms. The standard InChI is InChI=1S/C18H18FN5O2S/c1-10(2)23-8-12(7-15(23)25)16(26)20-17-21-18-24(22-17)14(9-27-18)11-3-5-13(19)6-4-11/h3-6,9-10,12H,7-8H2,1-2H3,(H,20,22,26). The molecule has 4 rings (SSSR count). The van der Waals surface area contributed by atoms with Gasteiger partial charge in [0.2, 0.25) is 22.7 Å². The molecule has 1 atom stereocenters. The van der Waals surface area contributed by atoms with Crippen molar-refractivity contribution < 1.29 is 14.0 Å². The third-order valence-corrected chi connectivity index (χ3v) is 5.43. The first-order valence-corrected chi connectivity index (χ1v) is 9.51. The highest BCUT2D eigenvalue weighted by atomic mass is 32.1. The first-order valence-electron chi connectivity index (χ1n) is 8.63. The molecule has 9 heteroatoms. The van der Waals surface area contributed by atoms with Gasteiger partial charge in [-0.15, -0.1) is 16.4 Å². The predicted molar refractivity (Wildman–Crippen MR) is 99.8 cm³/mol. The molecule has 2 aromatic heterocycles. The Labute approximate surface area is 158 Å². The van der Waals surface area contributed by atoms with Gasteiger partial charge in [0.15, 0.2) is 0 Å². The summed E-state index contributed by atoms with van der Waals surface area (Å²) in [5, 5.41) is 8.94. The maximum absolute atomic E-state index is 13.1. The Balaban J connectivity index is 1.53. The smallest absolute Gasteiger partial charge is 0.250 e. The number of halogens is 1. The molecule has 3 heterocycles. The van der Waals surface area contributed by atoms with Crippen LogP contribution in [-0.2, 0) is 9.59 Å². The minimum absolute atomic E-state index is 0.0115. The van der Waals surface area contributed by atoms with Gasteiger partial charge >= 0.3 is 0 Å². The number of aromatic nitrogens is 3. The van der Waals surface area contributed by atoms with Crippen LogP contribution in [0.1, 0.15) is 20.3 Å². The van der Waals surface area contributed by atoms with E-state index in [-0.39, 0.29) is 36.0 Å². The summed E-state index contributed by atoms with van der Waals surface area (Å²) in [6.07, 6.45) is 0.201. The third kappa shape index (κ3) is 3.30. The van der Waals surface area contributed by atoms with Gasteiger partial charge in [-0.2, -0.15) is 4.98 Å². The lowest BCUT2D eigenvalue weighted by atomic mass is 10.1. The Morgan fingerprint density at radius 1 is 1.33 bits per heavy atom. The zero-order valence-electron chi connectivity index (χ0n) is 14.8. The van der Waals surface area contributed by atoms with Crippen molar-refractivity contribution in [3.05, 3.63) is 35.5 Å². The summed E-state index contributed by atoms with van der Waals surface area (Å²) in [7, 11) is 0. The number of benzene rings is 1. The van der Waals surface area contributed by atoms with Gasteiger partial charge in [0.25, 0.3) is 0 Å². The second kappa shape index (κ2) is 6.73. The van der Waals surface area contributed by atoms with Gasteiger partial charge < -0.3 is 4.90 Å². The van der Waals surface area contributed by atoms with Gasteiger partial charge in [-0.25, -0.2) is 8.91 Å². The predicted octanol–water partition coefficient (Wildman–Crippen LogP) is 2.79. The van der Waals surface area contributed by atoms with Crippen LogP contribution in [0.2, 0.25) is 0 Å². The average molecular weight is 387 g/mol. The van der Waals surface area contributed by atoms with Gasteiger partial charge in [-0.05, 0) is 38.1 Å². The number of hydrogen-bond acceptors (Lipinski definition) is 5. The molecular weight excluding hydrogens is 369 g/mol. The maximum atomic E-state index is 13.1. The summed E-state index contributed by atoms with van der Waals surface area (Å²) < 4.78 is 14.8. The largest absolute Gasteiger partial charge is 0.339 e. The van der Waals surface area contributed by atoms with Crippen LogP contribution in [0.5, 0.6) is 0 Å². The van der Waals surface area contributed by atoms with Gasteiger partial charge in [-0.3, -0.25) is 14.9 Å². The van der Waals surface area contributed by atoms with Gasteiger partial charge in [-0.1, -0.05) is 0 Å². The van der Waals surface area contributed by atoms with Crippen molar-refractivity contribution in [2.45, 2.75) is 26.3 Å². The summed E-state index contributed by atoms with van der Waals surface area (Å²) in [6.45, 7) is 4.27. The topological polar surface area (TPSA) is 79.6 Å². The molecule has 2 amide bonds. The number of likely N-dealkylation sites (tertiary alicyclic amines) is 1. The first kappa shape index (κ1) is 17.6.